The first-order chi connectivity index (χ1) is 10.9. The molecule has 2 aromatic rings. The van der Waals surface area contributed by atoms with Gasteiger partial charge in [-0.1, -0.05) is 6.07 Å². The van der Waals surface area contributed by atoms with E-state index in [1.165, 1.54) is 12.1 Å². The maximum Gasteiger partial charge on any atom is 0.229 e. The van der Waals surface area contributed by atoms with Gasteiger partial charge in [-0.3, -0.25) is 0 Å². The minimum Gasteiger partial charge on any atom is -0.383 e. The lowest BCUT2D eigenvalue weighted by molar-refractivity contribution is 0.299. The molecule has 1 aromatic heterocycles. The summed E-state index contributed by atoms with van der Waals surface area (Å²) in [4.78, 5) is 10.4. The second-order valence-electron chi connectivity index (χ2n) is 5.68. The zero-order valence-corrected chi connectivity index (χ0v) is 13.5. The van der Waals surface area contributed by atoms with E-state index in [4.69, 9.17) is 5.73 Å². The van der Waals surface area contributed by atoms with E-state index in [2.05, 4.69) is 27.1 Å². The molecule has 0 saturated carbocycles. The van der Waals surface area contributed by atoms with Crippen LogP contribution in [0.5, 0.6) is 0 Å². The average Bonchev–Trinajstić information content (AvgIpc) is 2.50. The first kappa shape index (κ1) is 17.1. The lowest BCUT2D eigenvalue weighted by Gasteiger charge is -2.19. The molecule has 0 bridgehead atoms. The van der Waals surface area contributed by atoms with E-state index >= 15 is 0 Å². The summed E-state index contributed by atoms with van der Waals surface area (Å²) in [6.45, 7) is 2.12. The summed E-state index contributed by atoms with van der Waals surface area (Å²) in [5.41, 5.74) is 6.74. The molecule has 124 valence electrons. The topological polar surface area (TPSA) is 67.1 Å². The number of aromatic nitrogens is 2. The molecule has 5 nitrogen and oxygen atoms in total. The van der Waals surface area contributed by atoms with Crippen molar-refractivity contribution in [3.05, 3.63) is 41.6 Å². The number of halogens is 2. The smallest absolute Gasteiger partial charge is 0.229 e. The van der Waals surface area contributed by atoms with Crippen molar-refractivity contribution in [1.82, 2.24) is 14.9 Å². The van der Waals surface area contributed by atoms with Gasteiger partial charge >= 0.3 is 0 Å². The molecular formula is C16H21F2N5. The molecule has 0 spiro atoms. The summed E-state index contributed by atoms with van der Waals surface area (Å²) >= 11 is 0. The molecule has 0 fully saturated rings. The standard InChI is InChI=1S/C16H21F2N5/c1-10(23(2)3)7-8-11-9-20-16(22-15(11)19)21-13-6-4-5-12(17)14(13)18/h4-6,9-10H,7-8H2,1-3H3,(H3,19,20,21,22). The zero-order valence-electron chi connectivity index (χ0n) is 13.5. The monoisotopic (exact) mass is 321 g/mol. The highest BCUT2D eigenvalue weighted by Crippen LogP contribution is 2.21. The largest absolute Gasteiger partial charge is 0.383 e. The first-order valence-electron chi connectivity index (χ1n) is 7.37. The minimum atomic E-state index is -0.974. The highest BCUT2D eigenvalue weighted by atomic mass is 19.2. The number of hydrogen-bond acceptors (Lipinski definition) is 5. The van der Waals surface area contributed by atoms with Gasteiger partial charge in [0.15, 0.2) is 11.6 Å². The summed E-state index contributed by atoms with van der Waals surface area (Å²) in [5.74, 6) is -1.43. The third-order valence-electron chi connectivity index (χ3n) is 3.81. The van der Waals surface area contributed by atoms with Gasteiger partial charge in [0.2, 0.25) is 5.95 Å². The van der Waals surface area contributed by atoms with Crippen molar-refractivity contribution in [2.24, 2.45) is 0 Å². The maximum atomic E-state index is 13.6. The van der Waals surface area contributed by atoms with E-state index < -0.39 is 11.6 Å². The van der Waals surface area contributed by atoms with Crippen molar-refractivity contribution in [1.29, 1.82) is 0 Å². The number of hydrogen-bond donors (Lipinski definition) is 2. The molecule has 3 N–H and O–H groups in total. The van der Waals surface area contributed by atoms with Crippen LogP contribution in [-0.4, -0.2) is 35.0 Å². The number of rotatable bonds is 6. The zero-order chi connectivity index (χ0) is 17.0. The van der Waals surface area contributed by atoms with E-state index in [-0.39, 0.29) is 11.6 Å². The lowest BCUT2D eigenvalue weighted by atomic mass is 10.1. The summed E-state index contributed by atoms with van der Waals surface area (Å²) < 4.78 is 26.8. The lowest BCUT2D eigenvalue weighted by Crippen LogP contribution is -2.25. The third-order valence-corrected chi connectivity index (χ3v) is 3.81. The van der Waals surface area contributed by atoms with E-state index in [1.807, 2.05) is 14.1 Å². The molecule has 1 atom stereocenters. The molecule has 0 aliphatic heterocycles. The fourth-order valence-electron chi connectivity index (χ4n) is 2.02. The Morgan fingerprint density at radius 3 is 2.70 bits per heavy atom. The quantitative estimate of drug-likeness (QED) is 0.856. The highest BCUT2D eigenvalue weighted by molar-refractivity contribution is 5.56. The molecule has 0 aliphatic rings. The van der Waals surface area contributed by atoms with Crippen LogP contribution in [-0.2, 0) is 6.42 Å². The minimum absolute atomic E-state index is 0.0293. The van der Waals surface area contributed by atoms with Crippen LogP contribution in [0.15, 0.2) is 24.4 Å². The normalized spacial score (nSPS) is 12.4. The van der Waals surface area contributed by atoms with Gasteiger partial charge < -0.3 is 16.0 Å². The molecule has 23 heavy (non-hydrogen) atoms. The van der Waals surface area contributed by atoms with Crippen LogP contribution in [0.25, 0.3) is 0 Å². The molecule has 0 saturated heterocycles. The Hall–Kier alpha value is -2.28. The molecule has 1 aromatic carbocycles. The summed E-state index contributed by atoms with van der Waals surface area (Å²) in [6, 6.07) is 4.27. The first-order valence-corrected chi connectivity index (χ1v) is 7.37. The molecule has 2 rings (SSSR count). The van der Waals surface area contributed by atoms with Crippen molar-refractivity contribution in [3.63, 3.8) is 0 Å². The van der Waals surface area contributed by atoms with Crippen LogP contribution in [0.2, 0.25) is 0 Å². The number of anilines is 3. The number of nitrogens with one attached hydrogen (secondary N) is 1. The fraction of sp³-hybridized carbons (Fsp3) is 0.375. The van der Waals surface area contributed by atoms with Crippen molar-refractivity contribution in [2.45, 2.75) is 25.8 Å². The molecule has 7 heteroatoms. The highest BCUT2D eigenvalue weighted by Gasteiger charge is 2.11. The van der Waals surface area contributed by atoms with Crippen LogP contribution in [0.1, 0.15) is 18.9 Å². The van der Waals surface area contributed by atoms with Crippen LogP contribution in [0.4, 0.5) is 26.2 Å². The summed E-state index contributed by atoms with van der Waals surface area (Å²) in [6.07, 6.45) is 3.29. The Morgan fingerprint density at radius 2 is 2.04 bits per heavy atom. The molecule has 1 heterocycles. The summed E-state index contributed by atoms with van der Waals surface area (Å²) in [7, 11) is 4.04. The van der Waals surface area contributed by atoms with Crippen molar-refractivity contribution < 1.29 is 8.78 Å². The molecular weight excluding hydrogens is 300 g/mol. The number of nitrogens with two attached hydrogens (primary N) is 1. The molecule has 0 aliphatic carbocycles. The second-order valence-corrected chi connectivity index (χ2v) is 5.68. The van der Waals surface area contributed by atoms with Crippen LogP contribution in [0.3, 0.4) is 0 Å². The number of nitrogens with zero attached hydrogens (tertiary/aromatic N) is 3. The Morgan fingerprint density at radius 1 is 1.30 bits per heavy atom. The number of benzene rings is 1. The second kappa shape index (κ2) is 7.32. The molecule has 0 radical (unpaired) electrons. The number of aryl methyl sites for hydroxylation is 1. The predicted octanol–water partition coefficient (Wildman–Crippen LogP) is 2.96. The van der Waals surface area contributed by atoms with Gasteiger partial charge in [-0.15, -0.1) is 0 Å². The van der Waals surface area contributed by atoms with Gasteiger partial charge in [0.1, 0.15) is 5.82 Å². The summed E-state index contributed by atoms with van der Waals surface area (Å²) in [5, 5.41) is 2.64. The van der Waals surface area contributed by atoms with Gasteiger partial charge in [0.25, 0.3) is 0 Å². The van der Waals surface area contributed by atoms with Crippen molar-refractivity contribution >= 4 is 17.5 Å². The molecule has 0 amide bonds. The molecule has 1 unspecified atom stereocenters. The van der Waals surface area contributed by atoms with Gasteiger partial charge in [0, 0.05) is 17.8 Å². The Bertz CT molecular complexity index is 676. The SMILES string of the molecule is CC(CCc1cnc(Nc2cccc(F)c2F)nc1N)N(C)C. The van der Waals surface area contributed by atoms with E-state index in [9.17, 15) is 8.78 Å². The van der Waals surface area contributed by atoms with Gasteiger partial charge in [-0.2, -0.15) is 4.98 Å². The van der Waals surface area contributed by atoms with Gasteiger partial charge in [-0.25, -0.2) is 13.8 Å². The Kier molecular flexibility index (Phi) is 5.44. The van der Waals surface area contributed by atoms with E-state index in [1.54, 1.807) is 6.20 Å². The van der Waals surface area contributed by atoms with Crippen molar-refractivity contribution in [2.75, 3.05) is 25.1 Å². The number of nitrogen functional groups attached to an aromatic ring is 1. The predicted molar refractivity (Wildman–Crippen MR) is 87.6 cm³/mol. The Balaban J connectivity index is 2.08. The van der Waals surface area contributed by atoms with Gasteiger partial charge in [-0.05, 0) is 46.0 Å². The Labute approximate surface area is 134 Å². The maximum absolute atomic E-state index is 13.6. The fourth-order valence-corrected chi connectivity index (χ4v) is 2.02. The van der Waals surface area contributed by atoms with E-state index in [0.29, 0.717) is 11.9 Å². The van der Waals surface area contributed by atoms with Gasteiger partial charge in [0.05, 0.1) is 5.69 Å². The third kappa shape index (κ3) is 4.35. The van der Waals surface area contributed by atoms with Crippen molar-refractivity contribution in [3.8, 4) is 0 Å². The van der Waals surface area contributed by atoms with E-state index in [0.717, 1.165) is 24.5 Å². The van der Waals surface area contributed by atoms with Crippen LogP contribution < -0.4 is 11.1 Å². The van der Waals surface area contributed by atoms with Crippen LogP contribution in [0, 0.1) is 11.6 Å². The average molecular weight is 321 g/mol. The van der Waals surface area contributed by atoms with Crippen LogP contribution >= 0.6 is 0 Å².